The van der Waals surface area contributed by atoms with Crippen LogP contribution >= 0.6 is 0 Å². The molecule has 0 amide bonds. The van der Waals surface area contributed by atoms with Crippen molar-refractivity contribution in [1.82, 2.24) is 4.72 Å². The van der Waals surface area contributed by atoms with Gasteiger partial charge in [-0.3, -0.25) is 0 Å². The van der Waals surface area contributed by atoms with Crippen molar-refractivity contribution in [2.45, 2.75) is 31.2 Å². The second kappa shape index (κ2) is 5.75. The Bertz CT molecular complexity index is 601. The predicted molar refractivity (Wildman–Crippen MR) is 71.3 cm³/mol. The summed E-state index contributed by atoms with van der Waals surface area (Å²) >= 11 is 0. The third kappa shape index (κ3) is 3.34. The van der Waals surface area contributed by atoms with Gasteiger partial charge in [-0.05, 0) is 42.4 Å². The van der Waals surface area contributed by atoms with Gasteiger partial charge in [0.1, 0.15) is 4.90 Å². The lowest BCUT2D eigenvalue weighted by Crippen LogP contribution is -2.30. The third-order valence-electron chi connectivity index (χ3n) is 3.60. The SMILES string of the molecule is CC(CNS(=O)(=O)c1cc(CN)cc(F)c1F)C1CC1. The van der Waals surface area contributed by atoms with E-state index in [2.05, 4.69) is 4.72 Å². The van der Waals surface area contributed by atoms with Gasteiger partial charge < -0.3 is 5.73 Å². The zero-order chi connectivity index (χ0) is 14.9. The van der Waals surface area contributed by atoms with Crippen LogP contribution in [0.2, 0.25) is 0 Å². The Morgan fingerprint density at radius 1 is 1.40 bits per heavy atom. The smallest absolute Gasteiger partial charge is 0.243 e. The Kier molecular flexibility index (Phi) is 4.41. The van der Waals surface area contributed by atoms with Gasteiger partial charge >= 0.3 is 0 Å². The second-order valence-corrected chi connectivity index (χ2v) is 7.00. The van der Waals surface area contributed by atoms with Gasteiger partial charge in [-0.1, -0.05) is 6.92 Å². The summed E-state index contributed by atoms with van der Waals surface area (Å²) in [6.07, 6.45) is 2.18. The molecule has 2 rings (SSSR count). The molecule has 3 N–H and O–H groups in total. The van der Waals surface area contributed by atoms with Crippen molar-refractivity contribution in [2.24, 2.45) is 17.6 Å². The van der Waals surface area contributed by atoms with Gasteiger partial charge in [0.25, 0.3) is 0 Å². The van der Waals surface area contributed by atoms with Gasteiger partial charge in [-0.15, -0.1) is 0 Å². The molecule has 1 atom stereocenters. The maximum Gasteiger partial charge on any atom is 0.243 e. The molecular weight excluding hydrogens is 286 g/mol. The molecule has 0 heterocycles. The molecule has 1 unspecified atom stereocenters. The molecule has 0 radical (unpaired) electrons. The molecule has 0 bridgehead atoms. The van der Waals surface area contributed by atoms with E-state index in [4.69, 9.17) is 5.73 Å². The molecule has 112 valence electrons. The fourth-order valence-electron chi connectivity index (χ4n) is 2.08. The number of halogens is 2. The zero-order valence-electron chi connectivity index (χ0n) is 11.2. The van der Waals surface area contributed by atoms with Crippen molar-refractivity contribution in [3.05, 3.63) is 29.3 Å². The average molecular weight is 304 g/mol. The summed E-state index contributed by atoms with van der Waals surface area (Å²) in [6, 6.07) is 1.98. The summed E-state index contributed by atoms with van der Waals surface area (Å²) in [6.45, 7) is 2.10. The van der Waals surface area contributed by atoms with E-state index in [1.807, 2.05) is 6.92 Å². The maximum atomic E-state index is 13.7. The summed E-state index contributed by atoms with van der Waals surface area (Å²) in [5.74, 6) is -1.86. The molecule has 0 aliphatic heterocycles. The molecule has 7 heteroatoms. The molecular formula is C13H18F2N2O2S. The first-order valence-corrected chi connectivity index (χ1v) is 8.01. The van der Waals surface area contributed by atoms with Crippen LogP contribution < -0.4 is 10.5 Å². The Hall–Kier alpha value is -1.05. The van der Waals surface area contributed by atoms with E-state index in [0.29, 0.717) is 5.92 Å². The molecule has 4 nitrogen and oxygen atoms in total. The second-order valence-electron chi connectivity index (χ2n) is 5.26. The van der Waals surface area contributed by atoms with Gasteiger partial charge in [0.2, 0.25) is 10.0 Å². The largest absolute Gasteiger partial charge is 0.326 e. The van der Waals surface area contributed by atoms with Crippen LogP contribution in [0.1, 0.15) is 25.3 Å². The number of nitrogens with two attached hydrogens (primary N) is 1. The number of benzene rings is 1. The normalized spacial score (nSPS) is 17.2. The summed E-state index contributed by atoms with van der Waals surface area (Å²) in [5.41, 5.74) is 5.58. The van der Waals surface area contributed by atoms with Crippen LogP contribution in [0.15, 0.2) is 17.0 Å². The summed E-state index contributed by atoms with van der Waals surface area (Å²) in [5, 5.41) is 0. The minimum absolute atomic E-state index is 0.0573. The lowest BCUT2D eigenvalue weighted by atomic mass is 10.1. The highest BCUT2D eigenvalue weighted by molar-refractivity contribution is 7.89. The molecule has 0 spiro atoms. The van der Waals surface area contributed by atoms with E-state index in [-0.39, 0.29) is 24.6 Å². The quantitative estimate of drug-likeness (QED) is 0.841. The highest BCUT2D eigenvalue weighted by Crippen LogP contribution is 2.36. The number of rotatable bonds is 6. The maximum absolute atomic E-state index is 13.7. The Balaban J connectivity index is 2.21. The molecule has 1 aromatic carbocycles. The van der Waals surface area contributed by atoms with E-state index in [1.165, 1.54) is 0 Å². The minimum Gasteiger partial charge on any atom is -0.326 e. The Morgan fingerprint density at radius 3 is 2.60 bits per heavy atom. The first-order chi connectivity index (χ1) is 9.35. The fraction of sp³-hybridized carbons (Fsp3) is 0.538. The number of hydrogen-bond acceptors (Lipinski definition) is 3. The monoisotopic (exact) mass is 304 g/mol. The van der Waals surface area contributed by atoms with Crippen molar-refractivity contribution in [3.63, 3.8) is 0 Å². The fourth-order valence-corrected chi connectivity index (χ4v) is 3.36. The van der Waals surface area contributed by atoms with E-state index in [0.717, 1.165) is 25.0 Å². The van der Waals surface area contributed by atoms with E-state index < -0.39 is 26.6 Å². The summed E-state index contributed by atoms with van der Waals surface area (Å²) < 4.78 is 53.5. The highest BCUT2D eigenvalue weighted by Gasteiger charge is 2.30. The molecule has 1 aromatic rings. The first-order valence-electron chi connectivity index (χ1n) is 6.53. The van der Waals surface area contributed by atoms with Crippen LogP contribution in [0.5, 0.6) is 0 Å². The molecule has 0 aromatic heterocycles. The van der Waals surface area contributed by atoms with Crippen LogP contribution in [0.25, 0.3) is 0 Å². The van der Waals surface area contributed by atoms with Crippen molar-refractivity contribution < 1.29 is 17.2 Å². The molecule has 1 fully saturated rings. The van der Waals surface area contributed by atoms with Crippen LogP contribution in [0, 0.1) is 23.5 Å². The molecule has 20 heavy (non-hydrogen) atoms. The number of hydrogen-bond donors (Lipinski definition) is 2. The van der Waals surface area contributed by atoms with E-state index in [1.54, 1.807) is 0 Å². The van der Waals surface area contributed by atoms with Crippen LogP contribution in [0.3, 0.4) is 0 Å². The standard InChI is InChI=1S/C13H18F2N2O2S/c1-8(10-2-3-10)7-17-20(18,19)12-5-9(6-16)4-11(14)13(12)15/h4-5,8,10,17H,2-3,6-7,16H2,1H3. The van der Waals surface area contributed by atoms with Crippen LogP contribution in [0.4, 0.5) is 8.78 Å². The van der Waals surface area contributed by atoms with Crippen molar-refractivity contribution in [2.75, 3.05) is 6.54 Å². The van der Waals surface area contributed by atoms with Crippen LogP contribution in [-0.4, -0.2) is 15.0 Å². The van der Waals surface area contributed by atoms with Crippen molar-refractivity contribution >= 4 is 10.0 Å². The Labute approximate surface area is 117 Å². The molecule has 1 aliphatic carbocycles. The predicted octanol–water partition coefficient (Wildman–Crippen LogP) is 1.75. The van der Waals surface area contributed by atoms with Gasteiger partial charge in [0, 0.05) is 13.1 Å². The lowest BCUT2D eigenvalue weighted by molar-refractivity contribution is 0.472. The van der Waals surface area contributed by atoms with Gasteiger partial charge in [-0.25, -0.2) is 21.9 Å². The van der Waals surface area contributed by atoms with E-state index in [9.17, 15) is 17.2 Å². The molecule has 0 saturated heterocycles. The lowest BCUT2D eigenvalue weighted by Gasteiger charge is -2.13. The summed E-state index contributed by atoms with van der Waals surface area (Å²) in [4.78, 5) is -0.680. The Morgan fingerprint density at radius 2 is 2.05 bits per heavy atom. The summed E-state index contributed by atoms with van der Waals surface area (Å²) in [7, 11) is -4.07. The van der Waals surface area contributed by atoms with Crippen molar-refractivity contribution in [1.29, 1.82) is 0 Å². The van der Waals surface area contributed by atoms with Crippen LogP contribution in [-0.2, 0) is 16.6 Å². The highest BCUT2D eigenvalue weighted by atomic mass is 32.2. The topological polar surface area (TPSA) is 72.2 Å². The first kappa shape index (κ1) is 15.3. The number of sulfonamides is 1. The van der Waals surface area contributed by atoms with Gasteiger partial charge in [-0.2, -0.15) is 0 Å². The average Bonchev–Trinajstić information content (AvgIpc) is 3.23. The third-order valence-corrected chi connectivity index (χ3v) is 5.02. The minimum atomic E-state index is -4.07. The zero-order valence-corrected chi connectivity index (χ0v) is 12.0. The molecule has 1 saturated carbocycles. The van der Waals surface area contributed by atoms with Gasteiger partial charge in [0.15, 0.2) is 11.6 Å². The number of nitrogens with one attached hydrogen (secondary N) is 1. The van der Waals surface area contributed by atoms with E-state index >= 15 is 0 Å². The molecule has 1 aliphatic rings. The van der Waals surface area contributed by atoms with Gasteiger partial charge in [0.05, 0.1) is 0 Å². The van der Waals surface area contributed by atoms with Crippen molar-refractivity contribution in [3.8, 4) is 0 Å².